The maximum absolute atomic E-state index is 12.5. The number of anilines is 1. The predicted octanol–water partition coefficient (Wildman–Crippen LogP) is 3.86. The molecule has 0 fully saturated rings. The van der Waals surface area contributed by atoms with Crippen LogP contribution < -0.4 is 14.8 Å². The Labute approximate surface area is 177 Å². The van der Waals surface area contributed by atoms with Gasteiger partial charge in [-0.3, -0.25) is 4.79 Å². The van der Waals surface area contributed by atoms with E-state index in [9.17, 15) is 13.2 Å². The number of carbonyl (C=O) groups is 1. The molecule has 0 aliphatic carbocycles. The van der Waals surface area contributed by atoms with E-state index in [1.807, 2.05) is 37.3 Å². The number of rotatable bonds is 9. The van der Waals surface area contributed by atoms with Crippen LogP contribution in [0.4, 0.5) is 5.69 Å². The summed E-state index contributed by atoms with van der Waals surface area (Å²) in [5.74, 6) is 0.176. The average molecular weight is 425 g/mol. The molecule has 0 unspecified atom stereocenters. The van der Waals surface area contributed by atoms with Crippen molar-refractivity contribution in [2.45, 2.75) is 18.2 Å². The standard InChI is InChI=1S/C23H24N2O4S/c1-2-29-22-11-7-6-10-21(22)23(26)25-19-12-14-20(15-13-19)30(27,28)24-17-16-18-8-4-3-5-9-18/h3-15,24H,2,16-17H2,1H3,(H,25,26). The minimum Gasteiger partial charge on any atom is -0.493 e. The van der Waals surface area contributed by atoms with Crippen LogP contribution in [0.15, 0.2) is 83.8 Å². The summed E-state index contributed by atoms with van der Waals surface area (Å²) in [5.41, 5.74) is 1.97. The molecule has 0 spiro atoms. The van der Waals surface area contributed by atoms with E-state index >= 15 is 0 Å². The molecule has 0 aromatic heterocycles. The van der Waals surface area contributed by atoms with Crippen LogP contribution in [0.1, 0.15) is 22.8 Å². The monoisotopic (exact) mass is 424 g/mol. The van der Waals surface area contributed by atoms with Gasteiger partial charge in [-0.05, 0) is 55.3 Å². The Morgan fingerprint density at radius 1 is 0.900 bits per heavy atom. The van der Waals surface area contributed by atoms with Crippen molar-refractivity contribution >= 4 is 21.6 Å². The molecule has 0 heterocycles. The lowest BCUT2D eigenvalue weighted by atomic mass is 10.2. The molecular weight excluding hydrogens is 400 g/mol. The quantitative estimate of drug-likeness (QED) is 0.546. The van der Waals surface area contributed by atoms with Gasteiger partial charge in [0.2, 0.25) is 10.0 Å². The number of sulfonamides is 1. The van der Waals surface area contributed by atoms with E-state index in [4.69, 9.17) is 4.74 Å². The molecular formula is C23H24N2O4S. The Bertz CT molecular complexity index is 1080. The van der Waals surface area contributed by atoms with Crippen molar-refractivity contribution in [3.05, 3.63) is 90.0 Å². The van der Waals surface area contributed by atoms with E-state index in [0.717, 1.165) is 5.56 Å². The van der Waals surface area contributed by atoms with Crippen LogP contribution in [0.5, 0.6) is 5.75 Å². The third kappa shape index (κ3) is 5.68. The first kappa shape index (κ1) is 21.5. The maximum atomic E-state index is 12.5. The molecule has 0 radical (unpaired) electrons. The molecule has 3 aromatic carbocycles. The van der Waals surface area contributed by atoms with Crippen LogP contribution in [-0.4, -0.2) is 27.5 Å². The van der Waals surface area contributed by atoms with Gasteiger partial charge in [0.05, 0.1) is 17.1 Å². The lowest BCUT2D eigenvalue weighted by Gasteiger charge is -2.11. The van der Waals surface area contributed by atoms with Crippen molar-refractivity contribution in [1.29, 1.82) is 0 Å². The zero-order chi connectivity index (χ0) is 21.4. The van der Waals surface area contributed by atoms with E-state index < -0.39 is 10.0 Å². The fourth-order valence-electron chi connectivity index (χ4n) is 2.91. The number of nitrogens with one attached hydrogen (secondary N) is 2. The largest absolute Gasteiger partial charge is 0.493 e. The summed E-state index contributed by atoms with van der Waals surface area (Å²) < 4.78 is 33.0. The zero-order valence-corrected chi connectivity index (χ0v) is 17.5. The topological polar surface area (TPSA) is 84.5 Å². The van der Waals surface area contributed by atoms with Crippen molar-refractivity contribution in [2.75, 3.05) is 18.5 Å². The molecule has 3 rings (SSSR count). The van der Waals surface area contributed by atoms with Gasteiger partial charge in [-0.1, -0.05) is 42.5 Å². The molecule has 0 atom stereocenters. The van der Waals surface area contributed by atoms with Crippen LogP contribution in [0.2, 0.25) is 0 Å². The Balaban J connectivity index is 1.62. The summed E-state index contributed by atoms with van der Waals surface area (Å²) in [6.07, 6.45) is 0.605. The van der Waals surface area contributed by atoms with Gasteiger partial charge in [-0.2, -0.15) is 0 Å². The van der Waals surface area contributed by atoms with Crippen molar-refractivity contribution in [2.24, 2.45) is 0 Å². The van der Waals surface area contributed by atoms with Crippen LogP contribution in [-0.2, 0) is 16.4 Å². The van der Waals surface area contributed by atoms with Crippen molar-refractivity contribution in [3.8, 4) is 5.75 Å². The Hall–Kier alpha value is -3.16. The molecule has 0 bridgehead atoms. The van der Waals surface area contributed by atoms with Gasteiger partial charge in [-0.25, -0.2) is 13.1 Å². The SMILES string of the molecule is CCOc1ccccc1C(=O)Nc1ccc(S(=O)(=O)NCCc2ccccc2)cc1. The predicted molar refractivity (Wildman–Crippen MR) is 117 cm³/mol. The number of benzene rings is 3. The third-order valence-electron chi connectivity index (χ3n) is 4.40. The first-order valence-electron chi connectivity index (χ1n) is 9.66. The molecule has 2 N–H and O–H groups in total. The summed E-state index contributed by atoms with van der Waals surface area (Å²) in [7, 11) is -3.62. The second kappa shape index (κ2) is 10.0. The van der Waals surface area contributed by atoms with Crippen LogP contribution in [0.25, 0.3) is 0 Å². The summed E-state index contributed by atoms with van der Waals surface area (Å²) in [4.78, 5) is 12.7. The molecule has 30 heavy (non-hydrogen) atoms. The molecule has 0 aliphatic rings. The van der Waals surface area contributed by atoms with E-state index in [1.54, 1.807) is 36.4 Å². The lowest BCUT2D eigenvalue weighted by Crippen LogP contribution is -2.26. The Morgan fingerprint density at radius 3 is 2.27 bits per heavy atom. The number of amides is 1. The highest BCUT2D eigenvalue weighted by Crippen LogP contribution is 2.20. The maximum Gasteiger partial charge on any atom is 0.259 e. The van der Waals surface area contributed by atoms with E-state index in [-0.39, 0.29) is 10.8 Å². The summed E-state index contributed by atoms with van der Waals surface area (Å²) in [6, 6.07) is 22.7. The van der Waals surface area contributed by atoms with Gasteiger partial charge >= 0.3 is 0 Å². The van der Waals surface area contributed by atoms with Gasteiger partial charge in [0, 0.05) is 12.2 Å². The lowest BCUT2D eigenvalue weighted by molar-refractivity contribution is 0.102. The van der Waals surface area contributed by atoms with E-state index in [0.29, 0.717) is 36.6 Å². The third-order valence-corrected chi connectivity index (χ3v) is 5.88. The average Bonchev–Trinajstić information content (AvgIpc) is 2.75. The van der Waals surface area contributed by atoms with Gasteiger partial charge in [0.25, 0.3) is 5.91 Å². The number of carbonyl (C=O) groups excluding carboxylic acids is 1. The Morgan fingerprint density at radius 2 is 1.57 bits per heavy atom. The molecule has 0 aliphatic heterocycles. The molecule has 7 heteroatoms. The highest BCUT2D eigenvalue weighted by Gasteiger charge is 2.15. The molecule has 3 aromatic rings. The smallest absolute Gasteiger partial charge is 0.259 e. The van der Waals surface area contributed by atoms with Crippen LogP contribution in [0, 0.1) is 0 Å². The molecule has 0 saturated heterocycles. The van der Waals surface area contributed by atoms with Crippen LogP contribution in [0.3, 0.4) is 0 Å². The van der Waals surface area contributed by atoms with Crippen molar-refractivity contribution in [1.82, 2.24) is 4.72 Å². The normalized spacial score (nSPS) is 11.1. The fraction of sp³-hybridized carbons (Fsp3) is 0.174. The van der Waals surface area contributed by atoms with Gasteiger partial charge in [0.1, 0.15) is 5.75 Å². The molecule has 6 nitrogen and oxygen atoms in total. The minimum absolute atomic E-state index is 0.142. The summed E-state index contributed by atoms with van der Waals surface area (Å²) >= 11 is 0. The van der Waals surface area contributed by atoms with Gasteiger partial charge < -0.3 is 10.1 Å². The second-order valence-electron chi connectivity index (χ2n) is 6.54. The number of hydrogen-bond acceptors (Lipinski definition) is 4. The summed E-state index contributed by atoms with van der Waals surface area (Å²) in [6.45, 7) is 2.61. The van der Waals surface area contributed by atoms with Gasteiger partial charge in [0.15, 0.2) is 0 Å². The van der Waals surface area contributed by atoms with Gasteiger partial charge in [-0.15, -0.1) is 0 Å². The first-order valence-corrected chi connectivity index (χ1v) is 11.1. The molecule has 156 valence electrons. The molecule has 0 saturated carbocycles. The summed E-state index contributed by atoms with van der Waals surface area (Å²) in [5, 5.41) is 2.77. The van der Waals surface area contributed by atoms with E-state index in [1.165, 1.54) is 12.1 Å². The first-order chi connectivity index (χ1) is 14.5. The number of ether oxygens (including phenoxy) is 1. The highest BCUT2D eigenvalue weighted by atomic mass is 32.2. The number of para-hydroxylation sites is 1. The molecule has 1 amide bonds. The Kier molecular flexibility index (Phi) is 7.21. The fourth-order valence-corrected chi connectivity index (χ4v) is 3.94. The number of hydrogen-bond donors (Lipinski definition) is 2. The highest BCUT2D eigenvalue weighted by molar-refractivity contribution is 7.89. The van der Waals surface area contributed by atoms with Crippen molar-refractivity contribution in [3.63, 3.8) is 0 Å². The second-order valence-corrected chi connectivity index (χ2v) is 8.31. The zero-order valence-electron chi connectivity index (χ0n) is 16.7. The minimum atomic E-state index is -3.62. The van der Waals surface area contributed by atoms with Crippen molar-refractivity contribution < 1.29 is 17.9 Å². The van der Waals surface area contributed by atoms with Crippen LogP contribution >= 0.6 is 0 Å². The van der Waals surface area contributed by atoms with E-state index in [2.05, 4.69) is 10.0 Å².